The van der Waals surface area contributed by atoms with E-state index in [4.69, 9.17) is 16.3 Å². The predicted molar refractivity (Wildman–Crippen MR) is 79.1 cm³/mol. The summed E-state index contributed by atoms with van der Waals surface area (Å²) in [6.45, 7) is -0.218. The van der Waals surface area contributed by atoms with Crippen LogP contribution in [0.2, 0.25) is 5.02 Å². The molecule has 0 bridgehead atoms. The van der Waals surface area contributed by atoms with E-state index in [9.17, 15) is 9.18 Å². The number of hydrogen-bond donors (Lipinski definition) is 1. The number of benzene rings is 2. The number of carbonyl (C=O) groups is 1. The van der Waals surface area contributed by atoms with E-state index < -0.39 is 5.91 Å². The molecular formula is C15H12ClFN2O2. The second-order valence-corrected chi connectivity index (χ2v) is 4.47. The zero-order valence-corrected chi connectivity index (χ0v) is 11.7. The Kier molecular flexibility index (Phi) is 5.29. The predicted octanol–water partition coefficient (Wildman–Crippen LogP) is 3.01. The average Bonchev–Trinajstić information content (AvgIpc) is 2.46. The van der Waals surface area contributed by atoms with Gasteiger partial charge < -0.3 is 4.74 Å². The third-order valence-corrected chi connectivity index (χ3v) is 2.76. The Morgan fingerprint density at radius 2 is 2.10 bits per heavy atom. The van der Waals surface area contributed by atoms with Crippen LogP contribution in [0, 0.1) is 5.82 Å². The van der Waals surface area contributed by atoms with E-state index >= 15 is 0 Å². The Bertz CT molecular complexity index is 662. The van der Waals surface area contributed by atoms with Gasteiger partial charge in [-0.3, -0.25) is 4.79 Å². The largest absolute Gasteiger partial charge is 0.482 e. The van der Waals surface area contributed by atoms with E-state index in [0.29, 0.717) is 16.3 Å². The molecule has 4 nitrogen and oxygen atoms in total. The van der Waals surface area contributed by atoms with Crippen molar-refractivity contribution in [1.29, 1.82) is 0 Å². The van der Waals surface area contributed by atoms with Crippen molar-refractivity contribution in [3.63, 3.8) is 0 Å². The summed E-state index contributed by atoms with van der Waals surface area (Å²) in [7, 11) is 0. The summed E-state index contributed by atoms with van der Waals surface area (Å²) in [6, 6.07) is 12.7. The van der Waals surface area contributed by atoms with Gasteiger partial charge in [0.25, 0.3) is 5.91 Å². The standard InChI is InChI=1S/C15H12ClFN2O2/c16-13-6-1-2-7-14(13)21-10-15(20)19-18-9-11-4-3-5-12(17)8-11/h1-9H,10H2,(H,19,20)/b18-9+. The van der Waals surface area contributed by atoms with Gasteiger partial charge in [0, 0.05) is 0 Å². The number of nitrogens with one attached hydrogen (secondary N) is 1. The first-order chi connectivity index (χ1) is 10.1. The van der Waals surface area contributed by atoms with Crippen molar-refractivity contribution in [2.24, 2.45) is 5.10 Å². The quantitative estimate of drug-likeness (QED) is 0.682. The van der Waals surface area contributed by atoms with Gasteiger partial charge in [0.2, 0.25) is 0 Å². The lowest BCUT2D eigenvalue weighted by atomic mass is 10.2. The van der Waals surface area contributed by atoms with Crippen molar-refractivity contribution in [2.45, 2.75) is 0 Å². The molecule has 0 heterocycles. The first kappa shape index (κ1) is 15.0. The molecule has 0 saturated carbocycles. The van der Waals surface area contributed by atoms with Crippen LogP contribution in [0.5, 0.6) is 5.75 Å². The SMILES string of the molecule is O=C(COc1ccccc1Cl)N/N=C/c1cccc(F)c1. The van der Waals surface area contributed by atoms with Crippen LogP contribution in [-0.4, -0.2) is 18.7 Å². The molecule has 0 aromatic heterocycles. The lowest BCUT2D eigenvalue weighted by Crippen LogP contribution is -2.24. The van der Waals surface area contributed by atoms with Crippen LogP contribution in [-0.2, 0) is 4.79 Å². The van der Waals surface area contributed by atoms with Crippen molar-refractivity contribution in [2.75, 3.05) is 6.61 Å². The number of hydrazone groups is 1. The van der Waals surface area contributed by atoms with E-state index in [2.05, 4.69) is 10.5 Å². The summed E-state index contributed by atoms with van der Waals surface area (Å²) in [6.07, 6.45) is 1.34. The second kappa shape index (κ2) is 7.40. The maximum atomic E-state index is 12.9. The smallest absolute Gasteiger partial charge is 0.277 e. The Balaban J connectivity index is 1.81. The number of rotatable bonds is 5. The van der Waals surface area contributed by atoms with Crippen molar-refractivity contribution < 1.29 is 13.9 Å². The fourth-order valence-electron chi connectivity index (χ4n) is 1.50. The summed E-state index contributed by atoms with van der Waals surface area (Å²) < 4.78 is 18.2. The first-order valence-corrected chi connectivity index (χ1v) is 6.48. The minimum Gasteiger partial charge on any atom is -0.482 e. The van der Waals surface area contributed by atoms with E-state index in [-0.39, 0.29) is 12.4 Å². The summed E-state index contributed by atoms with van der Waals surface area (Å²) >= 11 is 5.89. The zero-order valence-electron chi connectivity index (χ0n) is 10.9. The summed E-state index contributed by atoms with van der Waals surface area (Å²) in [5.41, 5.74) is 2.82. The Hall–Kier alpha value is -2.40. The molecule has 0 aliphatic carbocycles. The van der Waals surface area contributed by atoms with Gasteiger partial charge in [-0.15, -0.1) is 0 Å². The molecule has 0 unspecified atom stereocenters. The summed E-state index contributed by atoms with van der Waals surface area (Å²) in [4.78, 5) is 11.5. The number of ether oxygens (including phenoxy) is 1. The third kappa shape index (κ3) is 4.89. The number of hydrogen-bond acceptors (Lipinski definition) is 3. The van der Waals surface area contributed by atoms with Gasteiger partial charge in [-0.1, -0.05) is 35.9 Å². The van der Waals surface area contributed by atoms with E-state index in [1.807, 2.05) is 0 Å². The molecule has 0 radical (unpaired) electrons. The van der Waals surface area contributed by atoms with Crippen LogP contribution in [0.3, 0.4) is 0 Å². The number of halogens is 2. The lowest BCUT2D eigenvalue weighted by molar-refractivity contribution is -0.123. The highest BCUT2D eigenvalue weighted by molar-refractivity contribution is 6.32. The normalized spacial score (nSPS) is 10.6. The molecule has 2 rings (SSSR count). The van der Waals surface area contributed by atoms with Gasteiger partial charge in [0.15, 0.2) is 6.61 Å². The molecule has 6 heteroatoms. The molecule has 1 N–H and O–H groups in total. The Morgan fingerprint density at radius 1 is 1.29 bits per heavy atom. The highest BCUT2D eigenvalue weighted by atomic mass is 35.5. The zero-order chi connectivity index (χ0) is 15.1. The summed E-state index contributed by atoms with van der Waals surface area (Å²) in [5.74, 6) is -0.390. The van der Waals surface area contributed by atoms with Gasteiger partial charge >= 0.3 is 0 Å². The van der Waals surface area contributed by atoms with Crippen molar-refractivity contribution in [1.82, 2.24) is 5.43 Å². The van der Waals surface area contributed by atoms with E-state index in [1.54, 1.807) is 36.4 Å². The molecule has 1 amide bonds. The van der Waals surface area contributed by atoms with Crippen molar-refractivity contribution >= 4 is 23.7 Å². The Morgan fingerprint density at radius 3 is 2.86 bits per heavy atom. The fourth-order valence-corrected chi connectivity index (χ4v) is 1.69. The highest BCUT2D eigenvalue weighted by Gasteiger charge is 2.04. The van der Waals surface area contributed by atoms with E-state index in [1.165, 1.54) is 18.3 Å². The van der Waals surface area contributed by atoms with E-state index in [0.717, 1.165) is 0 Å². The van der Waals surface area contributed by atoms with Gasteiger partial charge in [-0.2, -0.15) is 5.10 Å². The monoisotopic (exact) mass is 306 g/mol. The van der Waals surface area contributed by atoms with Crippen LogP contribution < -0.4 is 10.2 Å². The fraction of sp³-hybridized carbons (Fsp3) is 0.0667. The number of para-hydroxylation sites is 1. The van der Waals surface area contributed by atoms with Gasteiger partial charge in [0.1, 0.15) is 11.6 Å². The molecule has 21 heavy (non-hydrogen) atoms. The summed E-state index contributed by atoms with van der Waals surface area (Å²) in [5, 5.41) is 4.14. The Labute approximate surface area is 126 Å². The van der Waals surface area contributed by atoms with Crippen molar-refractivity contribution in [3.8, 4) is 5.75 Å². The molecule has 0 aliphatic rings. The second-order valence-electron chi connectivity index (χ2n) is 4.07. The third-order valence-electron chi connectivity index (χ3n) is 2.45. The van der Waals surface area contributed by atoms with Gasteiger partial charge in [-0.05, 0) is 29.8 Å². The molecule has 108 valence electrons. The van der Waals surface area contributed by atoms with Crippen LogP contribution >= 0.6 is 11.6 Å². The maximum Gasteiger partial charge on any atom is 0.277 e. The average molecular weight is 307 g/mol. The van der Waals surface area contributed by atoms with Crippen molar-refractivity contribution in [3.05, 3.63) is 64.9 Å². The maximum absolute atomic E-state index is 12.9. The molecule has 0 saturated heterocycles. The van der Waals surface area contributed by atoms with Gasteiger partial charge in [-0.25, -0.2) is 9.82 Å². The van der Waals surface area contributed by atoms with Crippen LogP contribution in [0.25, 0.3) is 0 Å². The molecule has 0 spiro atoms. The number of amides is 1. The molecule has 0 fully saturated rings. The molecule has 0 atom stereocenters. The van der Waals surface area contributed by atoms with Gasteiger partial charge in [0.05, 0.1) is 11.2 Å². The van der Waals surface area contributed by atoms with Crippen LogP contribution in [0.15, 0.2) is 53.6 Å². The number of nitrogens with zero attached hydrogens (tertiary/aromatic N) is 1. The molecular weight excluding hydrogens is 295 g/mol. The first-order valence-electron chi connectivity index (χ1n) is 6.10. The topological polar surface area (TPSA) is 50.7 Å². The minimum absolute atomic E-state index is 0.218. The molecule has 2 aromatic carbocycles. The lowest BCUT2D eigenvalue weighted by Gasteiger charge is -2.06. The number of carbonyl (C=O) groups excluding carboxylic acids is 1. The van der Waals surface area contributed by atoms with Crippen LogP contribution in [0.1, 0.15) is 5.56 Å². The molecule has 0 aliphatic heterocycles. The molecule has 2 aromatic rings. The van der Waals surface area contributed by atoms with Crippen LogP contribution in [0.4, 0.5) is 4.39 Å². The highest BCUT2D eigenvalue weighted by Crippen LogP contribution is 2.22. The minimum atomic E-state index is -0.442.